The highest BCUT2D eigenvalue weighted by Gasteiger charge is 2.26. The topological polar surface area (TPSA) is 79.3 Å². The third kappa shape index (κ3) is 3.29. The van der Waals surface area contributed by atoms with Crippen molar-refractivity contribution >= 4 is 11.9 Å². The van der Waals surface area contributed by atoms with Gasteiger partial charge in [-0.1, -0.05) is 20.3 Å². The van der Waals surface area contributed by atoms with Crippen molar-refractivity contribution in [1.29, 1.82) is 0 Å². The summed E-state index contributed by atoms with van der Waals surface area (Å²) in [5, 5.41) is 11.7. The number of carboxylic acids is 1. The van der Waals surface area contributed by atoms with E-state index < -0.39 is 17.9 Å². The first-order valence-corrected chi connectivity index (χ1v) is 5.92. The van der Waals surface area contributed by atoms with Crippen LogP contribution in [0, 0.1) is 12.8 Å². The van der Waals surface area contributed by atoms with Crippen molar-refractivity contribution in [2.45, 2.75) is 33.2 Å². The van der Waals surface area contributed by atoms with Crippen molar-refractivity contribution in [3.05, 3.63) is 29.6 Å². The number of hydrogen-bond acceptors (Lipinski definition) is 3. The van der Waals surface area contributed by atoms with Crippen LogP contribution in [0.25, 0.3) is 0 Å². The van der Waals surface area contributed by atoms with Crippen LogP contribution < -0.4 is 5.32 Å². The summed E-state index contributed by atoms with van der Waals surface area (Å²) in [5.74, 6) is -1.53. The Morgan fingerprint density at radius 2 is 2.17 bits per heavy atom. The van der Waals surface area contributed by atoms with E-state index in [2.05, 4.69) is 10.3 Å². The highest BCUT2D eigenvalue weighted by molar-refractivity contribution is 5.97. The van der Waals surface area contributed by atoms with E-state index in [0.29, 0.717) is 17.7 Å². The van der Waals surface area contributed by atoms with Crippen LogP contribution >= 0.6 is 0 Å². The van der Waals surface area contributed by atoms with E-state index in [1.54, 1.807) is 32.2 Å². The Bertz CT molecular complexity index is 446. The number of aryl methyl sites for hydroxylation is 1. The van der Waals surface area contributed by atoms with E-state index in [0.717, 1.165) is 0 Å². The third-order valence-corrected chi connectivity index (χ3v) is 3.02. The number of hydrogen-bond donors (Lipinski definition) is 2. The molecular formula is C13H18N2O3. The Kier molecular flexibility index (Phi) is 4.83. The predicted molar refractivity (Wildman–Crippen MR) is 67.3 cm³/mol. The van der Waals surface area contributed by atoms with Crippen LogP contribution in [0.5, 0.6) is 0 Å². The average molecular weight is 250 g/mol. The maximum absolute atomic E-state index is 12.0. The van der Waals surface area contributed by atoms with Gasteiger partial charge in [0.2, 0.25) is 0 Å². The molecule has 0 aliphatic carbocycles. The van der Waals surface area contributed by atoms with Crippen LogP contribution in [0.15, 0.2) is 18.3 Å². The molecule has 0 aromatic carbocycles. The van der Waals surface area contributed by atoms with Crippen LogP contribution in [-0.2, 0) is 4.79 Å². The van der Waals surface area contributed by atoms with Gasteiger partial charge in [0, 0.05) is 11.9 Å². The normalized spacial score (nSPS) is 13.7. The summed E-state index contributed by atoms with van der Waals surface area (Å²) in [6.45, 7) is 5.41. The van der Waals surface area contributed by atoms with E-state index in [9.17, 15) is 9.59 Å². The number of nitrogens with zero attached hydrogens (tertiary/aromatic N) is 1. The second-order valence-corrected chi connectivity index (χ2v) is 4.31. The van der Waals surface area contributed by atoms with Gasteiger partial charge in [0.15, 0.2) is 0 Å². The Morgan fingerprint density at radius 3 is 2.67 bits per heavy atom. The Morgan fingerprint density at radius 1 is 1.50 bits per heavy atom. The van der Waals surface area contributed by atoms with Gasteiger partial charge in [-0.15, -0.1) is 0 Å². The first-order valence-electron chi connectivity index (χ1n) is 5.92. The van der Waals surface area contributed by atoms with Gasteiger partial charge < -0.3 is 10.4 Å². The summed E-state index contributed by atoms with van der Waals surface area (Å²) in [6.07, 6.45) is 2.28. The number of carbonyl (C=O) groups excluding carboxylic acids is 1. The lowest BCUT2D eigenvalue weighted by Crippen LogP contribution is -2.45. The molecule has 1 unspecified atom stereocenters. The van der Waals surface area contributed by atoms with Crippen LogP contribution in [-0.4, -0.2) is 28.0 Å². The SMILES string of the molecule is CCC(C)[C@H](NC(=O)c1cccnc1C)C(=O)O. The molecule has 0 aliphatic rings. The fraction of sp³-hybridized carbons (Fsp3) is 0.462. The van der Waals surface area contributed by atoms with Crippen molar-refractivity contribution in [2.24, 2.45) is 5.92 Å². The first kappa shape index (κ1) is 14.2. The third-order valence-electron chi connectivity index (χ3n) is 3.02. The number of nitrogens with one attached hydrogen (secondary N) is 1. The molecule has 1 amide bonds. The Hall–Kier alpha value is -1.91. The zero-order valence-electron chi connectivity index (χ0n) is 10.8. The molecule has 2 atom stereocenters. The minimum atomic E-state index is -1.01. The van der Waals surface area contributed by atoms with Gasteiger partial charge in [0.25, 0.3) is 5.91 Å². The summed E-state index contributed by atoms with van der Waals surface area (Å²) in [4.78, 5) is 27.1. The van der Waals surface area contributed by atoms with Crippen LogP contribution in [0.4, 0.5) is 0 Å². The summed E-state index contributed by atoms with van der Waals surface area (Å²) >= 11 is 0. The summed E-state index contributed by atoms with van der Waals surface area (Å²) in [7, 11) is 0. The smallest absolute Gasteiger partial charge is 0.326 e. The molecule has 0 bridgehead atoms. The summed E-state index contributed by atoms with van der Waals surface area (Å²) in [5.41, 5.74) is 0.996. The van der Waals surface area contributed by atoms with Crippen molar-refractivity contribution in [3.63, 3.8) is 0 Å². The molecule has 0 radical (unpaired) electrons. The maximum atomic E-state index is 12.0. The molecule has 0 fully saturated rings. The quantitative estimate of drug-likeness (QED) is 0.832. The Balaban J connectivity index is 2.86. The molecule has 2 N–H and O–H groups in total. The minimum absolute atomic E-state index is 0.122. The number of aromatic nitrogens is 1. The summed E-state index contributed by atoms with van der Waals surface area (Å²) in [6, 6.07) is 2.41. The van der Waals surface area contributed by atoms with E-state index in [-0.39, 0.29) is 5.92 Å². The zero-order valence-corrected chi connectivity index (χ0v) is 10.8. The molecule has 1 aromatic heterocycles. The second kappa shape index (κ2) is 6.14. The molecule has 5 nitrogen and oxygen atoms in total. The molecule has 0 saturated heterocycles. The highest BCUT2D eigenvalue weighted by atomic mass is 16.4. The number of aliphatic carboxylic acids is 1. The molecule has 18 heavy (non-hydrogen) atoms. The van der Waals surface area contributed by atoms with E-state index in [1.165, 1.54) is 0 Å². The molecule has 1 aromatic rings. The van der Waals surface area contributed by atoms with Crippen molar-refractivity contribution < 1.29 is 14.7 Å². The molecule has 0 aliphatic heterocycles. The van der Waals surface area contributed by atoms with E-state index in [4.69, 9.17) is 5.11 Å². The minimum Gasteiger partial charge on any atom is -0.480 e. The number of amides is 1. The van der Waals surface area contributed by atoms with Crippen molar-refractivity contribution in [2.75, 3.05) is 0 Å². The molecule has 98 valence electrons. The fourth-order valence-corrected chi connectivity index (χ4v) is 1.63. The molecule has 1 heterocycles. The number of pyridine rings is 1. The zero-order chi connectivity index (χ0) is 13.7. The van der Waals surface area contributed by atoms with Gasteiger partial charge in [-0.3, -0.25) is 9.78 Å². The van der Waals surface area contributed by atoms with Crippen molar-refractivity contribution in [1.82, 2.24) is 10.3 Å². The lowest BCUT2D eigenvalue weighted by molar-refractivity contribution is -0.140. The highest BCUT2D eigenvalue weighted by Crippen LogP contribution is 2.10. The molecule has 5 heteroatoms. The van der Waals surface area contributed by atoms with Gasteiger partial charge >= 0.3 is 5.97 Å². The average Bonchev–Trinajstić information content (AvgIpc) is 2.35. The standard InChI is InChI=1S/C13H18N2O3/c1-4-8(2)11(13(17)18)15-12(16)10-6-5-7-14-9(10)3/h5-8,11H,4H2,1-3H3,(H,15,16)(H,17,18)/t8?,11-/m0/s1. The largest absolute Gasteiger partial charge is 0.480 e. The van der Waals surface area contributed by atoms with Gasteiger partial charge in [0.05, 0.1) is 5.56 Å². The monoisotopic (exact) mass is 250 g/mol. The lowest BCUT2D eigenvalue weighted by Gasteiger charge is -2.20. The fourth-order valence-electron chi connectivity index (χ4n) is 1.63. The second-order valence-electron chi connectivity index (χ2n) is 4.31. The Labute approximate surface area is 106 Å². The number of rotatable bonds is 5. The lowest BCUT2D eigenvalue weighted by atomic mass is 9.99. The van der Waals surface area contributed by atoms with Crippen LogP contribution in [0.3, 0.4) is 0 Å². The van der Waals surface area contributed by atoms with Gasteiger partial charge in [-0.25, -0.2) is 4.79 Å². The van der Waals surface area contributed by atoms with Gasteiger partial charge in [-0.2, -0.15) is 0 Å². The molecule has 0 spiro atoms. The van der Waals surface area contributed by atoms with E-state index >= 15 is 0 Å². The predicted octanol–water partition coefficient (Wildman–Crippen LogP) is 1.62. The number of carbonyl (C=O) groups is 2. The van der Waals surface area contributed by atoms with Crippen LogP contribution in [0.2, 0.25) is 0 Å². The summed E-state index contributed by atoms with van der Waals surface area (Å²) < 4.78 is 0. The van der Waals surface area contributed by atoms with E-state index in [1.807, 2.05) is 6.92 Å². The van der Waals surface area contributed by atoms with Crippen LogP contribution in [0.1, 0.15) is 36.3 Å². The van der Waals surface area contributed by atoms with Gasteiger partial charge in [0.1, 0.15) is 6.04 Å². The maximum Gasteiger partial charge on any atom is 0.326 e. The molecule has 0 saturated carbocycles. The first-order chi connectivity index (χ1) is 8.47. The molecule has 1 rings (SSSR count). The molecular weight excluding hydrogens is 232 g/mol. The van der Waals surface area contributed by atoms with Gasteiger partial charge in [-0.05, 0) is 25.0 Å². The number of carboxylic acid groups (broad SMARTS) is 1. The van der Waals surface area contributed by atoms with Crippen molar-refractivity contribution in [3.8, 4) is 0 Å².